The minimum Gasteiger partial charge on any atom is -0.313 e. The second-order valence-corrected chi connectivity index (χ2v) is 5.78. The molecule has 2 atom stereocenters. The van der Waals surface area contributed by atoms with Crippen LogP contribution in [0.4, 0.5) is 0 Å². The summed E-state index contributed by atoms with van der Waals surface area (Å²) in [7, 11) is 2.24. The Morgan fingerprint density at radius 2 is 2.06 bits per heavy atom. The highest BCUT2D eigenvalue weighted by Crippen LogP contribution is 2.15. The van der Waals surface area contributed by atoms with E-state index in [1.807, 2.05) is 0 Å². The van der Waals surface area contributed by atoms with Gasteiger partial charge in [-0.3, -0.25) is 0 Å². The van der Waals surface area contributed by atoms with Crippen molar-refractivity contribution in [1.82, 2.24) is 10.2 Å². The largest absolute Gasteiger partial charge is 0.313 e. The fourth-order valence-electron chi connectivity index (χ4n) is 2.79. The zero-order valence-corrected chi connectivity index (χ0v) is 11.7. The quantitative estimate of drug-likeness (QED) is 0.859. The first-order valence-electron chi connectivity index (χ1n) is 7.20. The molecule has 0 saturated carbocycles. The van der Waals surface area contributed by atoms with Gasteiger partial charge in [-0.2, -0.15) is 0 Å². The summed E-state index contributed by atoms with van der Waals surface area (Å²) < 4.78 is 0. The van der Waals surface area contributed by atoms with E-state index >= 15 is 0 Å². The molecule has 2 nitrogen and oxygen atoms in total. The molecule has 1 fully saturated rings. The zero-order chi connectivity index (χ0) is 12.8. The van der Waals surface area contributed by atoms with Gasteiger partial charge in [-0.05, 0) is 44.3 Å². The number of hydrogen-bond acceptors (Lipinski definition) is 2. The Morgan fingerprint density at radius 1 is 1.28 bits per heavy atom. The molecule has 1 aromatic carbocycles. The van der Waals surface area contributed by atoms with Gasteiger partial charge in [0.2, 0.25) is 0 Å². The maximum absolute atomic E-state index is 3.64. The number of nitrogens with zero attached hydrogens (tertiary/aromatic N) is 1. The lowest BCUT2D eigenvalue weighted by Crippen LogP contribution is -2.44. The molecule has 1 aromatic rings. The van der Waals surface area contributed by atoms with Crippen molar-refractivity contribution in [1.29, 1.82) is 0 Å². The number of piperidine rings is 1. The van der Waals surface area contributed by atoms with Crippen molar-refractivity contribution in [3.8, 4) is 0 Å². The van der Waals surface area contributed by atoms with Gasteiger partial charge in [-0.1, -0.05) is 37.3 Å². The minimum atomic E-state index is 0.689. The third kappa shape index (κ3) is 4.43. The second-order valence-electron chi connectivity index (χ2n) is 5.78. The van der Waals surface area contributed by atoms with Crippen LogP contribution in [-0.4, -0.2) is 37.6 Å². The first-order chi connectivity index (χ1) is 8.74. The Balaban J connectivity index is 1.70. The molecule has 0 aliphatic carbocycles. The molecule has 0 amide bonds. The maximum atomic E-state index is 3.64. The Bertz CT molecular complexity index is 336. The van der Waals surface area contributed by atoms with E-state index in [-0.39, 0.29) is 0 Å². The topological polar surface area (TPSA) is 15.3 Å². The highest BCUT2D eigenvalue weighted by molar-refractivity contribution is 5.14. The van der Waals surface area contributed by atoms with Crippen molar-refractivity contribution in [3.05, 3.63) is 35.9 Å². The average Bonchev–Trinajstić information content (AvgIpc) is 2.38. The van der Waals surface area contributed by atoms with Gasteiger partial charge in [0.25, 0.3) is 0 Å². The molecule has 1 N–H and O–H groups in total. The molecule has 1 heterocycles. The molecular formula is C16H26N2. The fourth-order valence-corrected chi connectivity index (χ4v) is 2.79. The Morgan fingerprint density at radius 3 is 2.78 bits per heavy atom. The molecule has 2 unspecified atom stereocenters. The molecule has 0 aromatic heterocycles. The van der Waals surface area contributed by atoms with Crippen molar-refractivity contribution < 1.29 is 0 Å². The highest BCUT2D eigenvalue weighted by atomic mass is 15.1. The summed E-state index contributed by atoms with van der Waals surface area (Å²) >= 11 is 0. The van der Waals surface area contributed by atoms with E-state index in [2.05, 4.69) is 54.5 Å². The predicted molar refractivity (Wildman–Crippen MR) is 77.8 cm³/mol. The van der Waals surface area contributed by atoms with E-state index in [4.69, 9.17) is 0 Å². The van der Waals surface area contributed by atoms with Gasteiger partial charge in [0, 0.05) is 19.1 Å². The van der Waals surface area contributed by atoms with Crippen molar-refractivity contribution in [3.63, 3.8) is 0 Å². The van der Waals surface area contributed by atoms with Gasteiger partial charge < -0.3 is 10.2 Å². The molecule has 2 rings (SSSR count). The third-order valence-corrected chi connectivity index (χ3v) is 3.91. The number of nitrogens with one attached hydrogen (secondary N) is 1. The van der Waals surface area contributed by atoms with Gasteiger partial charge in [0.05, 0.1) is 0 Å². The van der Waals surface area contributed by atoms with Crippen molar-refractivity contribution in [2.24, 2.45) is 5.92 Å². The van der Waals surface area contributed by atoms with Gasteiger partial charge in [0.1, 0.15) is 0 Å². The van der Waals surface area contributed by atoms with Crippen LogP contribution in [-0.2, 0) is 6.42 Å². The number of likely N-dealkylation sites (N-methyl/N-ethyl adjacent to an activating group) is 1. The van der Waals surface area contributed by atoms with Gasteiger partial charge >= 0.3 is 0 Å². The molecule has 18 heavy (non-hydrogen) atoms. The van der Waals surface area contributed by atoms with Crippen LogP contribution in [0.2, 0.25) is 0 Å². The Labute approximate surface area is 111 Å². The first-order valence-corrected chi connectivity index (χ1v) is 7.20. The SMILES string of the molecule is CC1CCNC(CN(C)CCc2ccccc2)C1. The molecule has 0 bridgehead atoms. The van der Waals surface area contributed by atoms with E-state index in [1.165, 1.54) is 31.5 Å². The minimum absolute atomic E-state index is 0.689. The smallest absolute Gasteiger partial charge is 0.0197 e. The molecule has 0 radical (unpaired) electrons. The van der Waals surface area contributed by atoms with E-state index in [9.17, 15) is 0 Å². The van der Waals surface area contributed by atoms with E-state index in [1.54, 1.807) is 0 Å². The summed E-state index contributed by atoms with van der Waals surface area (Å²) in [5.74, 6) is 0.888. The van der Waals surface area contributed by atoms with Crippen LogP contribution in [0.1, 0.15) is 25.3 Å². The summed E-state index contributed by atoms with van der Waals surface area (Å²) in [4.78, 5) is 2.46. The van der Waals surface area contributed by atoms with Crippen LogP contribution < -0.4 is 5.32 Å². The van der Waals surface area contributed by atoms with Gasteiger partial charge in [-0.25, -0.2) is 0 Å². The molecule has 1 saturated heterocycles. The second kappa shape index (κ2) is 6.91. The lowest BCUT2D eigenvalue weighted by molar-refractivity contribution is 0.236. The lowest BCUT2D eigenvalue weighted by atomic mass is 9.94. The van der Waals surface area contributed by atoms with Crippen LogP contribution >= 0.6 is 0 Å². The summed E-state index contributed by atoms with van der Waals surface area (Å²) in [5, 5.41) is 3.64. The zero-order valence-electron chi connectivity index (χ0n) is 11.7. The number of rotatable bonds is 5. The van der Waals surface area contributed by atoms with Crippen molar-refractivity contribution in [2.45, 2.75) is 32.2 Å². The van der Waals surface area contributed by atoms with Crippen LogP contribution in [0.15, 0.2) is 30.3 Å². The lowest BCUT2D eigenvalue weighted by Gasteiger charge is -2.31. The van der Waals surface area contributed by atoms with Gasteiger partial charge in [0.15, 0.2) is 0 Å². The maximum Gasteiger partial charge on any atom is 0.0197 e. The summed E-state index contributed by atoms with van der Waals surface area (Å²) in [6, 6.07) is 11.5. The van der Waals surface area contributed by atoms with Gasteiger partial charge in [-0.15, -0.1) is 0 Å². The Hall–Kier alpha value is -0.860. The highest BCUT2D eigenvalue weighted by Gasteiger charge is 2.19. The molecular weight excluding hydrogens is 220 g/mol. The molecule has 1 aliphatic heterocycles. The van der Waals surface area contributed by atoms with Crippen LogP contribution in [0, 0.1) is 5.92 Å². The summed E-state index contributed by atoms with van der Waals surface area (Å²) in [6.07, 6.45) is 3.82. The first kappa shape index (κ1) is 13.6. The summed E-state index contributed by atoms with van der Waals surface area (Å²) in [5.41, 5.74) is 1.44. The van der Waals surface area contributed by atoms with Crippen LogP contribution in [0.5, 0.6) is 0 Å². The molecule has 2 heteroatoms. The summed E-state index contributed by atoms with van der Waals surface area (Å²) in [6.45, 7) is 5.89. The molecule has 0 spiro atoms. The standard InChI is InChI=1S/C16H26N2/c1-14-8-10-17-16(12-14)13-18(2)11-9-15-6-4-3-5-7-15/h3-7,14,16-17H,8-13H2,1-2H3. The van der Waals surface area contributed by atoms with E-state index in [0.29, 0.717) is 6.04 Å². The average molecular weight is 246 g/mol. The van der Waals surface area contributed by atoms with Crippen LogP contribution in [0.25, 0.3) is 0 Å². The molecule has 100 valence electrons. The number of hydrogen-bond donors (Lipinski definition) is 1. The van der Waals surface area contributed by atoms with Crippen LogP contribution in [0.3, 0.4) is 0 Å². The van der Waals surface area contributed by atoms with Crippen molar-refractivity contribution >= 4 is 0 Å². The third-order valence-electron chi connectivity index (χ3n) is 3.91. The van der Waals surface area contributed by atoms with E-state index in [0.717, 1.165) is 18.9 Å². The molecule has 1 aliphatic rings. The van der Waals surface area contributed by atoms with E-state index < -0.39 is 0 Å². The predicted octanol–water partition coefficient (Wildman–Crippen LogP) is 2.55. The Kier molecular flexibility index (Phi) is 5.21. The number of benzene rings is 1. The van der Waals surface area contributed by atoms with Crippen molar-refractivity contribution in [2.75, 3.05) is 26.7 Å². The fraction of sp³-hybridized carbons (Fsp3) is 0.625. The monoisotopic (exact) mass is 246 g/mol. The normalized spacial score (nSPS) is 24.4.